The van der Waals surface area contributed by atoms with E-state index in [1.54, 1.807) is 0 Å². The number of nitrogens with zero attached hydrogens (tertiary/aromatic N) is 3. The van der Waals surface area contributed by atoms with E-state index in [0.717, 1.165) is 0 Å². The summed E-state index contributed by atoms with van der Waals surface area (Å²) in [5.74, 6) is -2.16. The fourth-order valence-corrected chi connectivity index (χ4v) is 4.17. The van der Waals surface area contributed by atoms with Crippen LogP contribution < -0.4 is 10.3 Å². The number of hydrazine groups is 1. The average Bonchev–Trinajstić information content (AvgIpc) is 3.17. The average molecular weight is 418 g/mol. The third kappa shape index (κ3) is 5.01. The number of benzene rings is 1. The Balaban J connectivity index is 1.70. The zero-order valence-corrected chi connectivity index (χ0v) is 15.6. The summed E-state index contributed by atoms with van der Waals surface area (Å²) in [4.78, 5) is 14.3. The van der Waals surface area contributed by atoms with Crippen molar-refractivity contribution < 1.29 is 22.3 Å². The van der Waals surface area contributed by atoms with Crippen LogP contribution in [0.3, 0.4) is 0 Å². The van der Waals surface area contributed by atoms with Gasteiger partial charge in [0.05, 0.1) is 34.4 Å². The van der Waals surface area contributed by atoms with E-state index < -0.39 is 27.3 Å². The SMILES string of the molecule is O=C(NNS(=O)(=O)CC1CCOCC1)c1cc(-n2ccnn2)cc(Cl)c1F. The van der Waals surface area contributed by atoms with Crippen LogP contribution in [-0.2, 0) is 14.8 Å². The van der Waals surface area contributed by atoms with Gasteiger partial charge in [0.25, 0.3) is 5.91 Å². The summed E-state index contributed by atoms with van der Waals surface area (Å²) in [6.07, 6.45) is 4.14. The van der Waals surface area contributed by atoms with Gasteiger partial charge in [-0.2, -0.15) is 0 Å². The second-order valence-electron chi connectivity index (χ2n) is 6.03. The Morgan fingerprint density at radius 1 is 1.37 bits per heavy atom. The van der Waals surface area contributed by atoms with Gasteiger partial charge >= 0.3 is 0 Å². The highest BCUT2D eigenvalue weighted by Gasteiger charge is 2.23. The molecule has 1 aromatic heterocycles. The van der Waals surface area contributed by atoms with Gasteiger partial charge in [-0.15, -0.1) is 9.93 Å². The number of nitrogens with one attached hydrogen (secondary N) is 2. The molecule has 0 bridgehead atoms. The first kappa shape index (κ1) is 19.7. The number of aromatic nitrogens is 3. The van der Waals surface area contributed by atoms with Gasteiger partial charge in [0, 0.05) is 13.2 Å². The van der Waals surface area contributed by atoms with E-state index in [9.17, 15) is 17.6 Å². The van der Waals surface area contributed by atoms with E-state index in [4.69, 9.17) is 16.3 Å². The van der Waals surface area contributed by atoms with Gasteiger partial charge < -0.3 is 4.74 Å². The number of hydrogen-bond acceptors (Lipinski definition) is 6. The molecule has 0 radical (unpaired) electrons. The molecular formula is C15H17ClFN5O4S. The third-order valence-electron chi connectivity index (χ3n) is 4.06. The van der Waals surface area contributed by atoms with Gasteiger partial charge in [0.1, 0.15) is 0 Å². The number of sulfonamides is 1. The highest BCUT2D eigenvalue weighted by Crippen LogP contribution is 2.23. The van der Waals surface area contributed by atoms with Crippen molar-refractivity contribution in [2.24, 2.45) is 5.92 Å². The maximum atomic E-state index is 14.2. The maximum absolute atomic E-state index is 14.2. The topological polar surface area (TPSA) is 115 Å². The van der Waals surface area contributed by atoms with Gasteiger partial charge in [-0.25, -0.2) is 17.5 Å². The number of amides is 1. The quantitative estimate of drug-likeness (QED) is 0.679. The monoisotopic (exact) mass is 417 g/mol. The number of rotatable bonds is 6. The minimum Gasteiger partial charge on any atom is -0.381 e. The molecule has 1 saturated heterocycles. The summed E-state index contributed by atoms with van der Waals surface area (Å²) in [6.45, 7) is 1.01. The van der Waals surface area contributed by atoms with Crippen LogP contribution in [0.1, 0.15) is 23.2 Å². The Morgan fingerprint density at radius 3 is 2.78 bits per heavy atom. The summed E-state index contributed by atoms with van der Waals surface area (Å²) in [6, 6.07) is 2.47. The molecule has 1 amide bonds. The second kappa shape index (κ2) is 8.30. The molecule has 0 saturated carbocycles. The van der Waals surface area contributed by atoms with Gasteiger partial charge in [-0.3, -0.25) is 10.2 Å². The minimum absolute atomic E-state index is 0.0602. The van der Waals surface area contributed by atoms with Crippen molar-refractivity contribution in [3.05, 3.63) is 40.9 Å². The van der Waals surface area contributed by atoms with Crippen molar-refractivity contribution >= 4 is 27.5 Å². The van der Waals surface area contributed by atoms with E-state index in [0.29, 0.717) is 31.7 Å². The molecule has 2 aromatic rings. The fraction of sp³-hybridized carbons (Fsp3) is 0.400. The predicted molar refractivity (Wildman–Crippen MR) is 94.3 cm³/mol. The molecule has 0 unspecified atom stereocenters. The Morgan fingerprint density at radius 2 is 2.11 bits per heavy atom. The Hall–Kier alpha value is -2.08. The number of hydrogen-bond donors (Lipinski definition) is 2. The van der Waals surface area contributed by atoms with Crippen molar-refractivity contribution in [3.63, 3.8) is 0 Å². The molecule has 1 aliphatic rings. The predicted octanol–water partition coefficient (Wildman–Crippen LogP) is 1.05. The Bertz CT molecular complexity index is 917. The molecule has 2 N–H and O–H groups in total. The summed E-state index contributed by atoms with van der Waals surface area (Å²) >= 11 is 5.83. The van der Waals surface area contributed by atoms with E-state index in [1.165, 1.54) is 29.2 Å². The zero-order chi connectivity index (χ0) is 19.4. The molecule has 0 spiro atoms. The van der Waals surface area contributed by atoms with Crippen LogP contribution in [0.5, 0.6) is 0 Å². The van der Waals surface area contributed by atoms with E-state index >= 15 is 0 Å². The van der Waals surface area contributed by atoms with Crippen LogP contribution in [0.15, 0.2) is 24.5 Å². The van der Waals surface area contributed by atoms with Crippen molar-refractivity contribution in [2.45, 2.75) is 12.8 Å². The first-order chi connectivity index (χ1) is 12.9. The van der Waals surface area contributed by atoms with Crippen molar-refractivity contribution in [3.8, 4) is 5.69 Å². The van der Waals surface area contributed by atoms with Crippen LogP contribution in [0, 0.1) is 11.7 Å². The van der Waals surface area contributed by atoms with Crippen LogP contribution >= 0.6 is 11.6 Å². The maximum Gasteiger partial charge on any atom is 0.269 e. The smallest absolute Gasteiger partial charge is 0.269 e. The first-order valence-corrected chi connectivity index (χ1v) is 10.1. The van der Waals surface area contributed by atoms with Crippen LogP contribution in [0.25, 0.3) is 5.69 Å². The largest absolute Gasteiger partial charge is 0.381 e. The molecule has 0 aliphatic carbocycles. The number of carbonyl (C=O) groups is 1. The number of carbonyl (C=O) groups excluding carboxylic acids is 1. The molecule has 9 nitrogen and oxygen atoms in total. The Labute approximate surface area is 159 Å². The normalized spacial score (nSPS) is 15.6. The molecule has 12 heteroatoms. The summed E-state index contributed by atoms with van der Waals surface area (Å²) in [5, 5.41) is 7.06. The first-order valence-electron chi connectivity index (χ1n) is 8.09. The lowest BCUT2D eigenvalue weighted by Crippen LogP contribution is -2.44. The van der Waals surface area contributed by atoms with E-state index in [-0.39, 0.29) is 16.7 Å². The summed E-state index contributed by atoms with van der Waals surface area (Å²) < 4.78 is 45.0. The Kier molecular flexibility index (Phi) is 6.05. The second-order valence-corrected chi connectivity index (χ2v) is 8.20. The van der Waals surface area contributed by atoms with Crippen LogP contribution in [0.2, 0.25) is 5.02 Å². The van der Waals surface area contributed by atoms with Gasteiger partial charge in [-0.05, 0) is 30.9 Å². The minimum atomic E-state index is -3.78. The van der Waals surface area contributed by atoms with Gasteiger partial charge in [0.15, 0.2) is 5.82 Å². The van der Waals surface area contributed by atoms with Gasteiger partial charge in [-0.1, -0.05) is 16.8 Å². The molecule has 2 heterocycles. The zero-order valence-electron chi connectivity index (χ0n) is 14.1. The lowest BCUT2D eigenvalue weighted by atomic mass is 10.0. The summed E-state index contributed by atoms with van der Waals surface area (Å²) in [5.41, 5.74) is 1.89. The molecule has 1 fully saturated rings. The van der Waals surface area contributed by atoms with E-state index in [1.807, 2.05) is 10.3 Å². The number of ether oxygens (including phenoxy) is 1. The van der Waals surface area contributed by atoms with Crippen molar-refractivity contribution in [1.29, 1.82) is 0 Å². The third-order valence-corrected chi connectivity index (χ3v) is 5.66. The van der Waals surface area contributed by atoms with Crippen molar-refractivity contribution in [2.75, 3.05) is 19.0 Å². The van der Waals surface area contributed by atoms with Crippen LogP contribution in [-0.4, -0.2) is 48.3 Å². The molecular weight excluding hydrogens is 401 g/mol. The molecule has 0 atom stereocenters. The lowest BCUT2D eigenvalue weighted by molar-refractivity contribution is 0.0722. The van der Waals surface area contributed by atoms with E-state index in [2.05, 4.69) is 10.3 Å². The van der Waals surface area contributed by atoms with Gasteiger partial charge in [0.2, 0.25) is 10.0 Å². The lowest BCUT2D eigenvalue weighted by Gasteiger charge is -2.21. The van der Waals surface area contributed by atoms with Crippen LogP contribution in [0.4, 0.5) is 4.39 Å². The molecule has 146 valence electrons. The summed E-state index contributed by atoms with van der Waals surface area (Å²) in [7, 11) is -3.78. The molecule has 1 aromatic carbocycles. The molecule has 27 heavy (non-hydrogen) atoms. The standard InChI is InChI=1S/C15H17ClFN5O4S/c16-13-8-11(22-4-3-18-20-22)7-12(14(13)17)15(23)19-21-27(24,25)9-10-1-5-26-6-2-10/h3-4,7-8,10,21H,1-2,5-6,9H2,(H,19,23). The van der Waals surface area contributed by atoms with Crippen molar-refractivity contribution in [1.82, 2.24) is 25.3 Å². The molecule has 3 rings (SSSR count). The fourth-order valence-electron chi connectivity index (χ4n) is 2.67. The number of halogens is 2. The molecule has 1 aliphatic heterocycles. The highest BCUT2D eigenvalue weighted by atomic mass is 35.5. The highest BCUT2D eigenvalue weighted by molar-refractivity contribution is 7.89.